The zero-order chi connectivity index (χ0) is 22.0. The second kappa shape index (κ2) is 8.57. The maximum Gasteiger partial charge on any atom is 0.256 e. The van der Waals surface area contributed by atoms with E-state index in [4.69, 9.17) is 17.3 Å². The Hall–Kier alpha value is -3.71. The lowest BCUT2D eigenvalue weighted by atomic mass is 10.0. The molecule has 3 amide bonds. The largest absolute Gasteiger partial charge is 0.366 e. The Balaban J connectivity index is 1.73. The zero-order valence-corrected chi connectivity index (χ0v) is 17.2. The lowest BCUT2D eigenvalue weighted by Gasteiger charge is -2.28. The maximum absolute atomic E-state index is 13.5. The number of carbonyl (C=O) groups is 3. The highest BCUT2D eigenvalue weighted by molar-refractivity contribution is 6.31. The summed E-state index contributed by atoms with van der Waals surface area (Å²) in [6, 6.07) is 16.1. The molecule has 0 spiro atoms. The van der Waals surface area contributed by atoms with E-state index in [0.29, 0.717) is 27.5 Å². The van der Waals surface area contributed by atoms with E-state index < -0.39 is 11.9 Å². The van der Waals surface area contributed by atoms with Crippen molar-refractivity contribution < 1.29 is 14.4 Å². The van der Waals surface area contributed by atoms with E-state index in [2.05, 4.69) is 10.3 Å². The van der Waals surface area contributed by atoms with E-state index in [1.807, 2.05) is 12.1 Å². The summed E-state index contributed by atoms with van der Waals surface area (Å²) in [4.78, 5) is 43.8. The van der Waals surface area contributed by atoms with Gasteiger partial charge in [0.15, 0.2) is 0 Å². The molecule has 0 saturated heterocycles. The number of fused-ring (bicyclic) bond motifs is 1. The number of amides is 3. The number of nitrogens with two attached hydrogens (primary N) is 1. The van der Waals surface area contributed by atoms with Crippen molar-refractivity contribution in [1.29, 1.82) is 0 Å². The van der Waals surface area contributed by atoms with Crippen LogP contribution in [0.3, 0.4) is 0 Å². The van der Waals surface area contributed by atoms with Crippen molar-refractivity contribution in [1.82, 2.24) is 9.88 Å². The van der Waals surface area contributed by atoms with Crippen LogP contribution in [0.4, 0.5) is 5.69 Å². The van der Waals surface area contributed by atoms with Gasteiger partial charge in [-0.25, -0.2) is 0 Å². The van der Waals surface area contributed by atoms with E-state index in [0.717, 1.165) is 5.56 Å². The van der Waals surface area contributed by atoms with Crippen LogP contribution in [0, 0.1) is 0 Å². The Morgan fingerprint density at radius 3 is 2.55 bits per heavy atom. The van der Waals surface area contributed by atoms with Crippen LogP contribution in [0.25, 0.3) is 0 Å². The number of carbonyl (C=O) groups excluding carboxylic acids is 3. The third kappa shape index (κ3) is 4.41. The number of pyridine rings is 1. The van der Waals surface area contributed by atoms with Crippen molar-refractivity contribution in [3.05, 3.63) is 94.3 Å². The van der Waals surface area contributed by atoms with Crippen molar-refractivity contribution >= 4 is 35.0 Å². The van der Waals surface area contributed by atoms with Gasteiger partial charge in [0.25, 0.3) is 5.91 Å². The van der Waals surface area contributed by atoms with Crippen LogP contribution in [0.2, 0.25) is 5.02 Å². The van der Waals surface area contributed by atoms with Crippen molar-refractivity contribution in [3.8, 4) is 0 Å². The molecule has 0 fully saturated rings. The van der Waals surface area contributed by atoms with E-state index in [1.54, 1.807) is 54.7 Å². The number of nitrogens with zero attached hydrogens (tertiary/aromatic N) is 2. The molecular formula is C23H19ClN4O3. The minimum absolute atomic E-state index is 0.171. The van der Waals surface area contributed by atoms with Crippen LogP contribution in [0.1, 0.15) is 32.0 Å². The lowest BCUT2D eigenvalue weighted by molar-refractivity contribution is -0.120. The molecule has 1 atom stereocenters. The number of halogens is 1. The Labute approximate surface area is 183 Å². The first-order chi connectivity index (χ1) is 14.9. The molecule has 3 aromatic rings. The number of hydrogen-bond donors (Lipinski definition) is 2. The number of primary amides is 1. The molecule has 0 unspecified atom stereocenters. The smallest absolute Gasteiger partial charge is 0.256 e. The Bertz CT molecular complexity index is 1150. The van der Waals surface area contributed by atoms with E-state index in [9.17, 15) is 14.4 Å². The highest BCUT2D eigenvalue weighted by Crippen LogP contribution is 2.28. The first-order valence-electron chi connectivity index (χ1n) is 9.62. The fraction of sp³-hybridized carbons (Fsp3) is 0.130. The van der Waals surface area contributed by atoms with Crippen LogP contribution in [0.15, 0.2) is 66.9 Å². The molecule has 7 nitrogen and oxygen atoms in total. The monoisotopic (exact) mass is 434 g/mol. The van der Waals surface area contributed by atoms with E-state index >= 15 is 0 Å². The van der Waals surface area contributed by atoms with Gasteiger partial charge in [0.2, 0.25) is 11.8 Å². The molecule has 1 aromatic heterocycles. The summed E-state index contributed by atoms with van der Waals surface area (Å²) in [6.07, 6.45) is 1.90. The van der Waals surface area contributed by atoms with Gasteiger partial charge >= 0.3 is 0 Å². The third-order valence-electron chi connectivity index (χ3n) is 5.13. The number of benzene rings is 2. The average molecular weight is 435 g/mol. The normalized spacial score (nSPS) is 15.8. The van der Waals surface area contributed by atoms with Crippen LogP contribution in [0.5, 0.6) is 0 Å². The van der Waals surface area contributed by atoms with Crippen LogP contribution in [-0.2, 0) is 17.8 Å². The second-order valence-corrected chi connectivity index (χ2v) is 7.65. The molecule has 156 valence electrons. The van der Waals surface area contributed by atoms with Gasteiger partial charge in [-0.3, -0.25) is 19.4 Å². The zero-order valence-electron chi connectivity index (χ0n) is 16.4. The summed E-state index contributed by atoms with van der Waals surface area (Å²) in [5, 5.41) is 3.25. The van der Waals surface area contributed by atoms with Gasteiger partial charge in [0.05, 0.1) is 11.3 Å². The van der Waals surface area contributed by atoms with Gasteiger partial charge in [0.1, 0.15) is 6.04 Å². The first kappa shape index (κ1) is 20.6. The molecule has 1 aliphatic heterocycles. The van der Waals surface area contributed by atoms with E-state index in [-0.39, 0.29) is 24.8 Å². The quantitative estimate of drug-likeness (QED) is 0.643. The highest BCUT2D eigenvalue weighted by Gasteiger charge is 2.35. The van der Waals surface area contributed by atoms with Crippen LogP contribution < -0.4 is 11.1 Å². The minimum Gasteiger partial charge on any atom is -0.366 e. The number of anilines is 1. The summed E-state index contributed by atoms with van der Waals surface area (Å²) >= 11 is 6.07. The van der Waals surface area contributed by atoms with Crippen molar-refractivity contribution in [3.63, 3.8) is 0 Å². The molecule has 0 radical (unpaired) electrons. The van der Waals surface area contributed by atoms with Crippen molar-refractivity contribution in [2.24, 2.45) is 5.73 Å². The second-order valence-electron chi connectivity index (χ2n) is 7.21. The summed E-state index contributed by atoms with van der Waals surface area (Å²) in [6.45, 7) is 0.171. The van der Waals surface area contributed by atoms with Gasteiger partial charge in [0, 0.05) is 35.4 Å². The summed E-state index contributed by atoms with van der Waals surface area (Å²) < 4.78 is 0. The van der Waals surface area contributed by atoms with Gasteiger partial charge in [-0.05, 0) is 48.0 Å². The van der Waals surface area contributed by atoms with Crippen molar-refractivity contribution in [2.45, 2.75) is 19.0 Å². The summed E-state index contributed by atoms with van der Waals surface area (Å²) in [7, 11) is 0. The molecule has 4 rings (SSSR count). The Morgan fingerprint density at radius 2 is 1.87 bits per heavy atom. The van der Waals surface area contributed by atoms with Crippen molar-refractivity contribution in [2.75, 3.05) is 5.32 Å². The fourth-order valence-corrected chi connectivity index (χ4v) is 3.71. The third-order valence-corrected chi connectivity index (χ3v) is 5.36. The van der Waals surface area contributed by atoms with Gasteiger partial charge < -0.3 is 16.0 Å². The molecule has 1 aliphatic rings. The first-order valence-corrected chi connectivity index (χ1v) is 10.00. The summed E-state index contributed by atoms with van der Waals surface area (Å²) in [5.41, 5.74) is 7.86. The van der Waals surface area contributed by atoms with Crippen LogP contribution >= 0.6 is 11.6 Å². The molecule has 8 heteroatoms. The Kier molecular flexibility index (Phi) is 5.68. The average Bonchev–Trinajstić information content (AvgIpc) is 2.85. The van der Waals surface area contributed by atoms with Gasteiger partial charge in [-0.1, -0.05) is 29.8 Å². The minimum atomic E-state index is -0.788. The lowest BCUT2D eigenvalue weighted by Crippen LogP contribution is -2.46. The standard InChI is InChI=1S/C23H19ClN4O3/c24-16-8-9-18-19(11-16)27-22(30)20(12-17-3-1-2-10-26-17)28(23(18)31)13-14-4-6-15(7-5-14)21(25)29/h1-11,20H,12-13H2,(H2,25,29)(H,27,30)/t20-/m1/s1. The SMILES string of the molecule is NC(=O)c1ccc(CN2C(=O)c3ccc(Cl)cc3NC(=O)[C@H]2Cc2ccccn2)cc1. The molecule has 2 heterocycles. The predicted octanol–water partition coefficient (Wildman–Crippen LogP) is 3.04. The number of rotatable bonds is 5. The maximum atomic E-state index is 13.5. The number of nitrogens with one attached hydrogen (secondary N) is 1. The molecular weight excluding hydrogens is 416 g/mol. The molecule has 0 saturated carbocycles. The predicted molar refractivity (Wildman–Crippen MR) is 117 cm³/mol. The molecule has 3 N–H and O–H groups in total. The highest BCUT2D eigenvalue weighted by atomic mass is 35.5. The molecule has 0 aliphatic carbocycles. The van der Waals surface area contributed by atoms with Crippen LogP contribution in [-0.4, -0.2) is 33.6 Å². The number of aromatic nitrogens is 1. The number of hydrogen-bond acceptors (Lipinski definition) is 4. The fourth-order valence-electron chi connectivity index (χ4n) is 3.53. The molecule has 31 heavy (non-hydrogen) atoms. The van der Waals surface area contributed by atoms with E-state index in [1.165, 1.54) is 4.90 Å². The Morgan fingerprint density at radius 1 is 1.10 bits per heavy atom. The molecule has 2 aromatic carbocycles. The van der Waals surface area contributed by atoms with Gasteiger partial charge in [-0.15, -0.1) is 0 Å². The summed E-state index contributed by atoms with van der Waals surface area (Å²) in [5.74, 6) is -1.16. The molecule has 0 bridgehead atoms. The topological polar surface area (TPSA) is 105 Å². The van der Waals surface area contributed by atoms with Gasteiger partial charge in [-0.2, -0.15) is 0 Å².